The second-order valence-corrected chi connectivity index (χ2v) is 7.17. The Morgan fingerprint density at radius 3 is 2.77 bits per heavy atom. The topological polar surface area (TPSA) is 76.0 Å². The molecular formula is C20H24N4O2. The van der Waals surface area contributed by atoms with Crippen molar-refractivity contribution < 1.29 is 9.59 Å². The van der Waals surface area contributed by atoms with Crippen LogP contribution in [0.15, 0.2) is 30.5 Å². The molecule has 1 aromatic carbocycles. The summed E-state index contributed by atoms with van der Waals surface area (Å²) in [6.07, 6.45) is 9.09. The SMILES string of the molecule is O=C(Nc1cnc2n1CCCC2)c1cccc(NC(=O)C2CCCC2)c1. The predicted molar refractivity (Wildman–Crippen MR) is 100 cm³/mol. The third-order valence-corrected chi connectivity index (χ3v) is 5.33. The van der Waals surface area contributed by atoms with Crippen LogP contribution in [-0.4, -0.2) is 21.4 Å². The van der Waals surface area contributed by atoms with Crippen LogP contribution in [0.3, 0.4) is 0 Å². The van der Waals surface area contributed by atoms with Crippen LogP contribution in [0.2, 0.25) is 0 Å². The second-order valence-electron chi connectivity index (χ2n) is 7.17. The Labute approximate surface area is 153 Å². The van der Waals surface area contributed by atoms with Crippen molar-refractivity contribution in [2.24, 2.45) is 5.92 Å². The van der Waals surface area contributed by atoms with Crippen LogP contribution in [0.4, 0.5) is 11.5 Å². The Hall–Kier alpha value is -2.63. The Morgan fingerprint density at radius 1 is 1.08 bits per heavy atom. The number of anilines is 2. The number of carbonyl (C=O) groups is 2. The van der Waals surface area contributed by atoms with Gasteiger partial charge < -0.3 is 15.2 Å². The molecule has 1 aromatic heterocycles. The van der Waals surface area contributed by atoms with Crippen molar-refractivity contribution in [3.63, 3.8) is 0 Å². The molecule has 6 heteroatoms. The number of nitrogens with one attached hydrogen (secondary N) is 2. The normalized spacial score (nSPS) is 16.9. The minimum atomic E-state index is -0.185. The summed E-state index contributed by atoms with van der Waals surface area (Å²) in [4.78, 5) is 29.3. The summed E-state index contributed by atoms with van der Waals surface area (Å²) < 4.78 is 2.08. The highest BCUT2D eigenvalue weighted by atomic mass is 16.2. The first kappa shape index (κ1) is 16.8. The van der Waals surface area contributed by atoms with E-state index in [4.69, 9.17) is 0 Å². The van der Waals surface area contributed by atoms with E-state index >= 15 is 0 Å². The minimum Gasteiger partial charge on any atom is -0.326 e. The van der Waals surface area contributed by atoms with Crippen LogP contribution in [-0.2, 0) is 17.8 Å². The fourth-order valence-corrected chi connectivity index (χ4v) is 3.87. The van der Waals surface area contributed by atoms with E-state index in [2.05, 4.69) is 20.2 Å². The van der Waals surface area contributed by atoms with Gasteiger partial charge in [-0.15, -0.1) is 0 Å². The number of amides is 2. The van der Waals surface area contributed by atoms with Crippen molar-refractivity contribution in [1.82, 2.24) is 9.55 Å². The average Bonchev–Trinajstić information content (AvgIpc) is 3.32. The lowest BCUT2D eigenvalue weighted by molar-refractivity contribution is -0.119. The molecule has 0 radical (unpaired) electrons. The summed E-state index contributed by atoms with van der Waals surface area (Å²) in [6.45, 7) is 0.891. The summed E-state index contributed by atoms with van der Waals surface area (Å²) in [5.41, 5.74) is 1.20. The minimum absolute atomic E-state index is 0.0601. The molecule has 6 nitrogen and oxygen atoms in total. The third-order valence-electron chi connectivity index (χ3n) is 5.33. The van der Waals surface area contributed by atoms with Crippen LogP contribution >= 0.6 is 0 Å². The van der Waals surface area contributed by atoms with E-state index in [9.17, 15) is 9.59 Å². The maximum absolute atomic E-state index is 12.6. The molecule has 1 aliphatic heterocycles. The van der Waals surface area contributed by atoms with E-state index in [0.29, 0.717) is 11.3 Å². The monoisotopic (exact) mass is 352 g/mol. The lowest BCUT2D eigenvalue weighted by atomic mass is 10.1. The first-order valence-electron chi connectivity index (χ1n) is 9.47. The van der Waals surface area contributed by atoms with E-state index in [-0.39, 0.29) is 17.7 Å². The lowest BCUT2D eigenvalue weighted by Crippen LogP contribution is -2.21. The van der Waals surface area contributed by atoms with Crippen LogP contribution in [0, 0.1) is 5.92 Å². The van der Waals surface area contributed by atoms with Gasteiger partial charge in [0.2, 0.25) is 5.91 Å². The summed E-state index contributed by atoms with van der Waals surface area (Å²) in [7, 11) is 0. The van der Waals surface area contributed by atoms with E-state index < -0.39 is 0 Å². The van der Waals surface area contributed by atoms with Gasteiger partial charge in [-0.2, -0.15) is 0 Å². The molecule has 1 aliphatic carbocycles. The van der Waals surface area contributed by atoms with Gasteiger partial charge in [-0.1, -0.05) is 18.9 Å². The second kappa shape index (κ2) is 7.32. The Morgan fingerprint density at radius 2 is 1.92 bits per heavy atom. The molecule has 2 heterocycles. The number of carbonyl (C=O) groups excluding carboxylic acids is 2. The smallest absolute Gasteiger partial charge is 0.256 e. The number of hydrogen-bond donors (Lipinski definition) is 2. The molecule has 0 saturated heterocycles. The molecule has 0 unspecified atom stereocenters. The van der Waals surface area contributed by atoms with Crippen molar-refractivity contribution in [1.29, 1.82) is 0 Å². The van der Waals surface area contributed by atoms with Gasteiger partial charge in [0.15, 0.2) is 0 Å². The molecule has 136 valence electrons. The van der Waals surface area contributed by atoms with Gasteiger partial charge in [-0.3, -0.25) is 9.59 Å². The number of imidazole rings is 1. The summed E-state index contributed by atoms with van der Waals surface area (Å²) in [5.74, 6) is 1.75. The first-order valence-corrected chi connectivity index (χ1v) is 9.47. The standard InChI is InChI=1S/C20H24N4O2/c25-19(14-6-1-2-7-14)22-16-9-5-8-15(12-16)20(26)23-18-13-21-17-10-3-4-11-24(17)18/h5,8-9,12-14H,1-4,6-7,10-11H2,(H,22,25)(H,23,26). The summed E-state index contributed by atoms with van der Waals surface area (Å²) in [5, 5.41) is 5.90. The van der Waals surface area contributed by atoms with Crippen molar-refractivity contribution in [2.75, 3.05) is 10.6 Å². The van der Waals surface area contributed by atoms with Crippen LogP contribution in [0.1, 0.15) is 54.7 Å². The Balaban J connectivity index is 1.45. The van der Waals surface area contributed by atoms with E-state index in [1.807, 2.05) is 6.07 Å². The Bertz CT molecular complexity index is 821. The average molecular weight is 352 g/mol. The number of benzene rings is 1. The van der Waals surface area contributed by atoms with Crippen LogP contribution in [0.25, 0.3) is 0 Å². The van der Waals surface area contributed by atoms with E-state index in [1.54, 1.807) is 24.4 Å². The van der Waals surface area contributed by atoms with Crippen LogP contribution in [0.5, 0.6) is 0 Å². The van der Waals surface area contributed by atoms with Crippen molar-refractivity contribution in [2.45, 2.75) is 51.5 Å². The number of fused-ring (bicyclic) bond motifs is 1. The summed E-state index contributed by atoms with van der Waals surface area (Å²) in [6, 6.07) is 7.11. The predicted octanol–water partition coefficient (Wildman–Crippen LogP) is 3.60. The molecule has 0 bridgehead atoms. The van der Waals surface area contributed by atoms with Gasteiger partial charge in [0, 0.05) is 30.1 Å². The highest BCUT2D eigenvalue weighted by Gasteiger charge is 2.23. The fraction of sp³-hybridized carbons (Fsp3) is 0.450. The summed E-state index contributed by atoms with van der Waals surface area (Å²) >= 11 is 0. The molecular weight excluding hydrogens is 328 g/mol. The maximum Gasteiger partial charge on any atom is 0.256 e. The first-order chi connectivity index (χ1) is 12.7. The highest BCUT2D eigenvalue weighted by molar-refractivity contribution is 6.05. The van der Waals surface area contributed by atoms with Crippen molar-refractivity contribution in [3.05, 3.63) is 41.9 Å². The largest absolute Gasteiger partial charge is 0.326 e. The number of aromatic nitrogens is 2. The molecule has 26 heavy (non-hydrogen) atoms. The van der Waals surface area contributed by atoms with Gasteiger partial charge in [0.25, 0.3) is 5.91 Å². The lowest BCUT2D eigenvalue weighted by Gasteiger charge is -2.16. The van der Waals surface area contributed by atoms with Crippen LogP contribution < -0.4 is 10.6 Å². The van der Waals surface area contributed by atoms with E-state index in [0.717, 1.165) is 63.1 Å². The molecule has 1 saturated carbocycles. The van der Waals surface area contributed by atoms with Gasteiger partial charge in [-0.25, -0.2) is 4.98 Å². The maximum atomic E-state index is 12.6. The zero-order chi connectivity index (χ0) is 17.9. The number of hydrogen-bond acceptors (Lipinski definition) is 3. The molecule has 2 N–H and O–H groups in total. The van der Waals surface area contributed by atoms with Crippen molar-refractivity contribution >= 4 is 23.3 Å². The molecule has 4 rings (SSSR count). The molecule has 0 atom stereocenters. The molecule has 2 aliphatic rings. The number of nitrogens with zero attached hydrogens (tertiary/aromatic N) is 2. The Kier molecular flexibility index (Phi) is 4.73. The van der Waals surface area contributed by atoms with Gasteiger partial charge >= 0.3 is 0 Å². The number of rotatable bonds is 4. The van der Waals surface area contributed by atoms with Gasteiger partial charge in [0.05, 0.1) is 6.20 Å². The number of aryl methyl sites for hydroxylation is 1. The molecule has 2 amide bonds. The molecule has 0 spiro atoms. The molecule has 2 aromatic rings. The van der Waals surface area contributed by atoms with Gasteiger partial charge in [0.1, 0.15) is 11.6 Å². The zero-order valence-corrected chi connectivity index (χ0v) is 14.8. The van der Waals surface area contributed by atoms with Gasteiger partial charge in [-0.05, 0) is 43.9 Å². The quantitative estimate of drug-likeness (QED) is 0.883. The fourth-order valence-electron chi connectivity index (χ4n) is 3.87. The molecule has 1 fully saturated rings. The zero-order valence-electron chi connectivity index (χ0n) is 14.8. The highest BCUT2D eigenvalue weighted by Crippen LogP contribution is 2.26. The third kappa shape index (κ3) is 3.49. The van der Waals surface area contributed by atoms with Crippen molar-refractivity contribution in [3.8, 4) is 0 Å². The van der Waals surface area contributed by atoms with E-state index in [1.165, 1.54) is 0 Å².